The molecule has 0 saturated carbocycles. The van der Waals surface area contributed by atoms with Crippen molar-refractivity contribution >= 4 is 10.0 Å². The van der Waals surface area contributed by atoms with Crippen LogP contribution in [0.5, 0.6) is 0 Å². The Morgan fingerprint density at radius 1 is 1.31 bits per heavy atom. The van der Waals surface area contributed by atoms with Crippen LogP contribution in [0.1, 0.15) is 30.2 Å². The minimum atomic E-state index is -3.28. The molecule has 1 aliphatic rings. The van der Waals surface area contributed by atoms with Crippen molar-refractivity contribution in [3.63, 3.8) is 0 Å². The summed E-state index contributed by atoms with van der Waals surface area (Å²) in [4.78, 5) is 16.9. The van der Waals surface area contributed by atoms with E-state index in [2.05, 4.69) is 4.98 Å². The third kappa shape index (κ3) is 4.02. The van der Waals surface area contributed by atoms with E-state index in [0.717, 1.165) is 5.56 Å². The Morgan fingerprint density at radius 2 is 2.12 bits per heavy atom. The number of aromatic nitrogens is 2. The Balaban J connectivity index is 1.69. The van der Waals surface area contributed by atoms with Gasteiger partial charge in [0.25, 0.3) is 5.56 Å². The molecule has 1 aliphatic heterocycles. The molecular formula is C18H22FN3O3S. The quantitative estimate of drug-likeness (QED) is 0.766. The second kappa shape index (κ2) is 7.67. The summed E-state index contributed by atoms with van der Waals surface area (Å²) in [5.74, 6) is -0.221. The summed E-state index contributed by atoms with van der Waals surface area (Å²) in [6.07, 6.45) is 3.23. The first-order valence-corrected chi connectivity index (χ1v) is 10.3. The fourth-order valence-electron chi connectivity index (χ4n) is 3.16. The normalized spacial score (nSPS) is 15.0. The van der Waals surface area contributed by atoms with Gasteiger partial charge in [-0.25, -0.2) is 17.8 Å². The maximum atomic E-state index is 13.2. The summed E-state index contributed by atoms with van der Waals surface area (Å²) in [6.45, 7) is 2.57. The summed E-state index contributed by atoms with van der Waals surface area (Å²) < 4.78 is 40.2. The molecule has 0 bridgehead atoms. The fraction of sp³-hybridized carbons (Fsp3) is 0.444. The maximum Gasteiger partial charge on any atom is 0.256 e. The highest BCUT2D eigenvalue weighted by Crippen LogP contribution is 2.17. The lowest BCUT2D eigenvalue weighted by molar-refractivity contribution is 0.381. The molecule has 0 spiro atoms. The van der Waals surface area contributed by atoms with E-state index < -0.39 is 10.0 Å². The smallest absolute Gasteiger partial charge is 0.256 e. The molecule has 0 saturated heterocycles. The molecule has 26 heavy (non-hydrogen) atoms. The Kier molecular flexibility index (Phi) is 5.52. The van der Waals surface area contributed by atoms with Crippen LogP contribution in [-0.2, 0) is 36.0 Å². The van der Waals surface area contributed by atoms with E-state index in [9.17, 15) is 17.6 Å². The van der Waals surface area contributed by atoms with E-state index in [1.807, 2.05) is 6.07 Å². The summed E-state index contributed by atoms with van der Waals surface area (Å²) in [5.41, 5.74) is 1.92. The van der Waals surface area contributed by atoms with Crippen molar-refractivity contribution in [3.05, 3.63) is 63.6 Å². The molecule has 6 nitrogen and oxygen atoms in total. The highest BCUT2D eigenvalue weighted by atomic mass is 32.2. The van der Waals surface area contributed by atoms with Crippen molar-refractivity contribution in [2.75, 3.05) is 12.3 Å². The van der Waals surface area contributed by atoms with E-state index in [0.29, 0.717) is 43.6 Å². The van der Waals surface area contributed by atoms with Gasteiger partial charge in [0.2, 0.25) is 10.0 Å². The number of hydrogen-bond donors (Lipinski definition) is 0. The standard InChI is InChI=1S/C18H22FN3O3S/c1-2-26(24,25)22-10-8-16-17(12-22)20-13-21(18(16)23)9-4-6-14-5-3-7-15(19)11-14/h3,5,7,11,13H,2,4,6,8-10,12H2,1H3. The number of rotatable bonds is 6. The molecule has 0 atom stereocenters. The van der Waals surface area contributed by atoms with Crippen molar-refractivity contribution in [3.8, 4) is 0 Å². The minimum absolute atomic E-state index is 0.0412. The fourth-order valence-corrected chi connectivity index (χ4v) is 4.22. The van der Waals surface area contributed by atoms with Crippen molar-refractivity contribution in [2.45, 2.75) is 39.3 Å². The third-order valence-corrected chi connectivity index (χ3v) is 6.50. The maximum absolute atomic E-state index is 13.2. The van der Waals surface area contributed by atoms with Crippen molar-refractivity contribution < 1.29 is 12.8 Å². The molecule has 140 valence electrons. The van der Waals surface area contributed by atoms with Gasteiger partial charge >= 0.3 is 0 Å². The molecule has 1 aromatic carbocycles. The number of sulfonamides is 1. The molecule has 2 aromatic rings. The first kappa shape index (κ1) is 18.7. The predicted molar refractivity (Wildman–Crippen MR) is 96.8 cm³/mol. The largest absolute Gasteiger partial charge is 0.299 e. The first-order valence-electron chi connectivity index (χ1n) is 8.70. The number of aryl methyl sites for hydroxylation is 2. The lowest BCUT2D eigenvalue weighted by Crippen LogP contribution is -2.40. The molecule has 0 radical (unpaired) electrons. The van der Waals surface area contributed by atoms with Crippen LogP contribution in [0.25, 0.3) is 0 Å². The molecule has 2 heterocycles. The minimum Gasteiger partial charge on any atom is -0.299 e. The summed E-state index contributed by atoms with van der Waals surface area (Å²) >= 11 is 0. The topological polar surface area (TPSA) is 72.3 Å². The van der Waals surface area contributed by atoms with Crippen molar-refractivity contribution in [1.82, 2.24) is 13.9 Å². The SMILES string of the molecule is CCS(=O)(=O)N1CCc2c(ncn(CCCc3cccc(F)c3)c2=O)C1. The molecular weight excluding hydrogens is 357 g/mol. The van der Waals surface area contributed by atoms with Crippen LogP contribution < -0.4 is 5.56 Å². The molecule has 0 N–H and O–H groups in total. The first-order chi connectivity index (χ1) is 12.4. The van der Waals surface area contributed by atoms with Gasteiger partial charge in [-0.2, -0.15) is 4.31 Å². The van der Waals surface area contributed by atoms with Crippen molar-refractivity contribution in [2.24, 2.45) is 0 Å². The van der Waals surface area contributed by atoms with Crippen LogP contribution >= 0.6 is 0 Å². The number of nitrogens with zero attached hydrogens (tertiary/aromatic N) is 3. The third-order valence-electron chi connectivity index (χ3n) is 4.67. The van der Waals surface area contributed by atoms with Gasteiger partial charge in [0.15, 0.2) is 0 Å². The highest BCUT2D eigenvalue weighted by Gasteiger charge is 2.27. The molecule has 8 heteroatoms. The van der Waals surface area contributed by atoms with E-state index in [1.165, 1.54) is 22.8 Å². The number of benzene rings is 1. The van der Waals surface area contributed by atoms with Gasteiger partial charge in [-0.05, 0) is 43.9 Å². The van der Waals surface area contributed by atoms with E-state index in [4.69, 9.17) is 0 Å². The zero-order valence-corrected chi connectivity index (χ0v) is 15.5. The monoisotopic (exact) mass is 379 g/mol. The molecule has 0 amide bonds. The summed E-state index contributed by atoms with van der Waals surface area (Å²) in [7, 11) is -3.28. The lowest BCUT2D eigenvalue weighted by Gasteiger charge is -2.26. The van der Waals surface area contributed by atoms with Gasteiger partial charge in [0, 0.05) is 18.7 Å². The number of halogens is 1. The molecule has 0 unspecified atom stereocenters. The van der Waals surface area contributed by atoms with E-state index in [-0.39, 0.29) is 23.7 Å². The highest BCUT2D eigenvalue weighted by molar-refractivity contribution is 7.89. The second-order valence-electron chi connectivity index (χ2n) is 6.39. The van der Waals surface area contributed by atoms with E-state index >= 15 is 0 Å². The van der Waals surface area contributed by atoms with Gasteiger partial charge in [-0.3, -0.25) is 9.36 Å². The molecule has 3 rings (SSSR count). The van der Waals surface area contributed by atoms with Gasteiger partial charge < -0.3 is 0 Å². The zero-order valence-electron chi connectivity index (χ0n) is 14.7. The Bertz CT molecular complexity index is 956. The number of hydrogen-bond acceptors (Lipinski definition) is 4. The summed E-state index contributed by atoms with van der Waals surface area (Å²) in [5, 5.41) is 0. The number of fused-ring (bicyclic) bond motifs is 1. The average Bonchev–Trinajstić information content (AvgIpc) is 2.63. The Labute approximate surface area is 152 Å². The van der Waals surface area contributed by atoms with Crippen LogP contribution in [0.2, 0.25) is 0 Å². The molecule has 0 fully saturated rings. The van der Waals surface area contributed by atoms with Gasteiger partial charge in [0.05, 0.1) is 24.3 Å². The van der Waals surface area contributed by atoms with Crippen LogP contribution in [0, 0.1) is 5.82 Å². The summed E-state index contributed by atoms with van der Waals surface area (Å²) in [6, 6.07) is 6.44. The van der Waals surface area contributed by atoms with E-state index in [1.54, 1.807) is 17.6 Å². The molecule has 1 aromatic heterocycles. The predicted octanol–water partition coefficient (Wildman–Crippen LogP) is 1.72. The van der Waals surface area contributed by atoms with Crippen molar-refractivity contribution in [1.29, 1.82) is 0 Å². The van der Waals surface area contributed by atoms with Crippen LogP contribution in [0.15, 0.2) is 35.4 Å². The Morgan fingerprint density at radius 3 is 2.85 bits per heavy atom. The van der Waals surface area contributed by atoms with Crippen LogP contribution in [0.3, 0.4) is 0 Å². The van der Waals surface area contributed by atoms with Crippen LogP contribution in [0.4, 0.5) is 4.39 Å². The lowest BCUT2D eigenvalue weighted by atomic mass is 10.1. The average molecular weight is 379 g/mol. The Hall–Kier alpha value is -2.06. The van der Waals surface area contributed by atoms with Gasteiger partial charge in [-0.15, -0.1) is 0 Å². The van der Waals surface area contributed by atoms with Crippen LogP contribution in [-0.4, -0.2) is 34.6 Å². The van der Waals surface area contributed by atoms with Gasteiger partial charge in [-0.1, -0.05) is 12.1 Å². The zero-order chi connectivity index (χ0) is 18.7. The second-order valence-corrected chi connectivity index (χ2v) is 8.64. The molecule has 0 aliphatic carbocycles. The van der Waals surface area contributed by atoms with Gasteiger partial charge in [0.1, 0.15) is 5.82 Å².